The molecule has 0 spiro atoms. The Morgan fingerprint density at radius 2 is 2.44 bits per heavy atom. The Labute approximate surface area is 120 Å². The normalized spacial score (nSPS) is 10.6. The number of carbonyl (C=O) groups is 1. The molecule has 2 aromatic heterocycles. The number of thioether (sulfide) groups is 1. The van der Waals surface area contributed by atoms with Crippen LogP contribution < -0.4 is 0 Å². The fraction of sp³-hybridized carbons (Fsp3) is 0.300. The molecule has 0 aliphatic rings. The van der Waals surface area contributed by atoms with Crippen molar-refractivity contribution < 1.29 is 13.9 Å². The summed E-state index contributed by atoms with van der Waals surface area (Å²) in [5, 5.41) is 9.79. The van der Waals surface area contributed by atoms with Gasteiger partial charge in [-0.3, -0.25) is 0 Å². The zero-order chi connectivity index (χ0) is 13.0. The molecule has 0 unspecified atom stereocenters. The van der Waals surface area contributed by atoms with E-state index in [9.17, 15) is 4.79 Å². The predicted molar refractivity (Wildman–Crippen MR) is 71.8 cm³/mol. The van der Waals surface area contributed by atoms with E-state index in [-0.39, 0.29) is 12.5 Å². The van der Waals surface area contributed by atoms with E-state index in [1.54, 1.807) is 18.3 Å². The Hall–Kier alpha value is -0.860. The second-order valence-electron chi connectivity index (χ2n) is 3.11. The number of ether oxygens (including phenoxy) is 1. The summed E-state index contributed by atoms with van der Waals surface area (Å²) >= 11 is 6.41. The van der Waals surface area contributed by atoms with Crippen LogP contribution in [0.3, 0.4) is 0 Å². The second-order valence-corrected chi connectivity index (χ2v) is 5.95. The molecule has 0 radical (unpaired) electrons. The molecule has 0 saturated heterocycles. The lowest BCUT2D eigenvalue weighted by Crippen LogP contribution is -2.04. The zero-order valence-electron chi connectivity index (χ0n) is 9.38. The minimum atomic E-state index is -0.587. The van der Waals surface area contributed by atoms with E-state index in [0.29, 0.717) is 5.22 Å². The highest BCUT2D eigenvalue weighted by atomic mass is 79.9. The zero-order valence-corrected chi connectivity index (χ0v) is 12.6. The van der Waals surface area contributed by atoms with Crippen LogP contribution in [-0.2, 0) is 10.5 Å². The molecule has 0 N–H and O–H groups in total. The third-order valence-corrected chi connectivity index (χ3v) is 4.56. The molecule has 0 fully saturated rings. The highest BCUT2D eigenvalue weighted by Gasteiger charge is 2.16. The number of nitrogens with zero attached hydrogens (tertiary/aromatic N) is 2. The molecule has 2 aromatic rings. The van der Waals surface area contributed by atoms with Gasteiger partial charge in [0.05, 0.1) is 6.61 Å². The topological polar surface area (TPSA) is 65.2 Å². The van der Waals surface area contributed by atoms with Gasteiger partial charge in [-0.05, 0) is 28.9 Å². The number of rotatable bonds is 5. The lowest BCUT2D eigenvalue weighted by Gasteiger charge is -1.94. The van der Waals surface area contributed by atoms with Gasteiger partial charge in [0.2, 0.25) is 0 Å². The van der Waals surface area contributed by atoms with Crippen molar-refractivity contribution in [3.63, 3.8) is 0 Å². The Kier molecular flexibility index (Phi) is 4.79. The van der Waals surface area contributed by atoms with Gasteiger partial charge >= 0.3 is 11.9 Å². The van der Waals surface area contributed by atoms with Crippen LogP contribution in [0.2, 0.25) is 0 Å². The second kappa shape index (κ2) is 6.35. The molecular formula is C10H9BrN2O3S2. The van der Waals surface area contributed by atoms with Crippen molar-refractivity contribution in [2.75, 3.05) is 6.61 Å². The lowest BCUT2D eigenvalue weighted by atomic mass is 10.5. The number of halogens is 1. The van der Waals surface area contributed by atoms with Crippen LogP contribution >= 0.6 is 39.0 Å². The molecule has 2 heterocycles. The van der Waals surface area contributed by atoms with Crippen molar-refractivity contribution in [1.29, 1.82) is 0 Å². The first-order valence-electron chi connectivity index (χ1n) is 5.05. The van der Waals surface area contributed by atoms with Crippen molar-refractivity contribution >= 4 is 45.0 Å². The first-order valence-corrected chi connectivity index (χ1v) is 7.71. The number of carbonyl (C=O) groups excluding carboxylic acids is 1. The van der Waals surface area contributed by atoms with Crippen molar-refractivity contribution in [3.8, 4) is 0 Å². The molecule has 2 rings (SSSR count). The van der Waals surface area contributed by atoms with Gasteiger partial charge in [0.1, 0.15) is 0 Å². The third-order valence-electron chi connectivity index (χ3n) is 1.82. The highest BCUT2D eigenvalue weighted by molar-refractivity contribution is 9.10. The molecule has 8 heteroatoms. The maximum atomic E-state index is 11.3. The van der Waals surface area contributed by atoms with Gasteiger partial charge in [-0.15, -0.1) is 16.4 Å². The molecule has 96 valence electrons. The third kappa shape index (κ3) is 3.56. The number of hydrogen-bond acceptors (Lipinski definition) is 7. The molecule has 0 atom stereocenters. The van der Waals surface area contributed by atoms with Crippen LogP contribution in [0.1, 0.15) is 22.5 Å². The number of esters is 1. The number of aromatic nitrogens is 2. The fourth-order valence-electron chi connectivity index (χ4n) is 1.11. The molecule has 0 bridgehead atoms. The highest BCUT2D eigenvalue weighted by Crippen LogP contribution is 2.27. The summed E-state index contributed by atoms with van der Waals surface area (Å²) in [7, 11) is 0. The van der Waals surface area contributed by atoms with Crippen molar-refractivity contribution in [2.45, 2.75) is 17.9 Å². The average molecular weight is 349 g/mol. The largest absolute Gasteiger partial charge is 0.459 e. The van der Waals surface area contributed by atoms with Gasteiger partial charge in [0.15, 0.2) is 0 Å². The van der Waals surface area contributed by atoms with E-state index in [2.05, 4.69) is 26.1 Å². The summed E-state index contributed by atoms with van der Waals surface area (Å²) in [5.41, 5.74) is 0. The van der Waals surface area contributed by atoms with Gasteiger partial charge in [0, 0.05) is 20.5 Å². The monoisotopic (exact) mass is 348 g/mol. The van der Waals surface area contributed by atoms with Gasteiger partial charge in [-0.2, -0.15) is 0 Å². The summed E-state index contributed by atoms with van der Waals surface area (Å²) in [6, 6.07) is 2.03. The van der Waals surface area contributed by atoms with E-state index >= 15 is 0 Å². The molecule has 0 aromatic carbocycles. The summed E-state index contributed by atoms with van der Waals surface area (Å²) < 4.78 is 11.0. The first-order chi connectivity index (χ1) is 8.69. The van der Waals surface area contributed by atoms with Gasteiger partial charge < -0.3 is 9.15 Å². The number of thiophene rings is 1. The van der Waals surface area contributed by atoms with Crippen molar-refractivity contribution in [1.82, 2.24) is 10.2 Å². The van der Waals surface area contributed by atoms with Crippen LogP contribution in [0.5, 0.6) is 0 Å². The van der Waals surface area contributed by atoms with Gasteiger partial charge in [-0.1, -0.05) is 16.9 Å². The van der Waals surface area contributed by atoms with Crippen LogP contribution in [0.25, 0.3) is 0 Å². The van der Waals surface area contributed by atoms with Gasteiger partial charge in [-0.25, -0.2) is 4.79 Å². The average Bonchev–Trinajstić information content (AvgIpc) is 2.95. The molecule has 5 nitrogen and oxygen atoms in total. The minimum Gasteiger partial charge on any atom is -0.459 e. The Bertz CT molecular complexity index is 541. The van der Waals surface area contributed by atoms with Gasteiger partial charge in [0.25, 0.3) is 5.22 Å². The molecule has 0 amide bonds. The van der Waals surface area contributed by atoms with Crippen molar-refractivity contribution in [2.24, 2.45) is 0 Å². The summed E-state index contributed by atoms with van der Waals surface area (Å²) in [4.78, 5) is 12.5. The Morgan fingerprint density at radius 1 is 1.61 bits per heavy atom. The maximum absolute atomic E-state index is 11.3. The molecule has 0 aliphatic heterocycles. The first kappa shape index (κ1) is 13.6. The smallest absolute Gasteiger partial charge is 0.396 e. The van der Waals surface area contributed by atoms with E-state index in [1.807, 2.05) is 11.4 Å². The van der Waals surface area contributed by atoms with E-state index in [1.165, 1.54) is 16.6 Å². The Morgan fingerprint density at radius 3 is 3.11 bits per heavy atom. The summed E-state index contributed by atoms with van der Waals surface area (Å²) in [6.07, 6.45) is 0. The molecular weight excluding hydrogens is 340 g/mol. The molecule has 0 aliphatic carbocycles. The fourth-order valence-corrected chi connectivity index (χ4v) is 3.38. The molecule has 0 saturated carbocycles. The maximum Gasteiger partial charge on any atom is 0.396 e. The van der Waals surface area contributed by atoms with Crippen LogP contribution in [0.15, 0.2) is 25.6 Å². The lowest BCUT2D eigenvalue weighted by molar-refractivity contribution is 0.0475. The van der Waals surface area contributed by atoms with Crippen LogP contribution in [0.4, 0.5) is 0 Å². The quantitative estimate of drug-likeness (QED) is 0.609. The predicted octanol–water partition coefficient (Wildman–Crippen LogP) is 3.36. The van der Waals surface area contributed by atoms with E-state index in [0.717, 1.165) is 10.2 Å². The standard InChI is InChI=1S/C10H9BrN2O3S2/c1-2-15-9(14)8-12-13-10(16-8)18-5-7-3-6(11)4-17-7/h3-4H,2,5H2,1H3. The Balaban J connectivity index is 1.92. The molecule has 18 heavy (non-hydrogen) atoms. The van der Waals surface area contributed by atoms with E-state index in [4.69, 9.17) is 9.15 Å². The minimum absolute atomic E-state index is 0.105. The van der Waals surface area contributed by atoms with Crippen LogP contribution in [0, 0.1) is 0 Å². The van der Waals surface area contributed by atoms with Crippen LogP contribution in [-0.4, -0.2) is 22.8 Å². The number of hydrogen-bond donors (Lipinski definition) is 0. The van der Waals surface area contributed by atoms with Crippen molar-refractivity contribution in [3.05, 3.63) is 26.7 Å². The van der Waals surface area contributed by atoms with E-state index < -0.39 is 5.97 Å². The SMILES string of the molecule is CCOC(=O)c1nnc(SCc2cc(Br)cs2)o1. The summed E-state index contributed by atoms with van der Waals surface area (Å²) in [6.45, 7) is 2.01. The summed E-state index contributed by atoms with van der Waals surface area (Å²) in [5.74, 6) is 0.0307.